The van der Waals surface area contributed by atoms with Crippen LogP contribution in [0, 0.1) is 0 Å². The van der Waals surface area contributed by atoms with Gasteiger partial charge in [0.15, 0.2) is 0 Å². The van der Waals surface area contributed by atoms with Gasteiger partial charge in [0, 0.05) is 6.04 Å². The van der Waals surface area contributed by atoms with E-state index >= 15 is 0 Å². The maximum atomic E-state index is 9.80. The summed E-state index contributed by atoms with van der Waals surface area (Å²) in [5.74, 6) is 0. The molecule has 0 aliphatic heterocycles. The molecule has 0 aromatic heterocycles. The number of hydrogen-bond acceptors (Lipinski definition) is 3. The lowest BCUT2D eigenvalue weighted by Crippen LogP contribution is -2.43. The van der Waals surface area contributed by atoms with Gasteiger partial charge in [-0.25, -0.2) is 0 Å². The van der Waals surface area contributed by atoms with Crippen LogP contribution in [0.3, 0.4) is 0 Å². The van der Waals surface area contributed by atoms with Crippen LogP contribution in [0.2, 0.25) is 0 Å². The number of nitrogens with zero attached hydrogens (tertiary/aromatic N) is 1. The maximum absolute atomic E-state index is 9.80. The molecule has 0 heterocycles. The van der Waals surface area contributed by atoms with E-state index in [2.05, 4.69) is 24.1 Å². The minimum Gasteiger partial charge on any atom is -0.392 e. The Hall–Kier alpha value is -0.120. The Morgan fingerprint density at radius 1 is 1.19 bits per heavy atom. The quantitative estimate of drug-likeness (QED) is 0.650. The first-order chi connectivity index (χ1) is 7.77. The molecule has 3 nitrogen and oxygen atoms in total. The molecule has 0 bridgehead atoms. The second-order valence-corrected chi connectivity index (χ2v) is 4.79. The lowest BCUT2D eigenvalue weighted by Gasteiger charge is -2.28. The second kappa shape index (κ2) is 8.04. The van der Waals surface area contributed by atoms with Crippen molar-refractivity contribution in [2.24, 2.45) is 0 Å². The summed E-state index contributed by atoms with van der Waals surface area (Å²) in [5.41, 5.74) is 0. The van der Waals surface area contributed by atoms with E-state index in [9.17, 15) is 5.11 Å². The number of aliphatic hydroxyl groups excluding tert-OH is 1. The summed E-state index contributed by atoms with van der Waals surface area (Å²) in [6.45, 7) is 8.91. The summed E-state index contributed by atoms with van der Waals surface area (Å²) in [6, 6.07) is 0.352. The first kappa shape index (κ1) is 13.9. The Kier molecular flexibility index (Phi) is 7.01. The SMILES string of the molecule is CCN(CC)CCCNC1CCCCC1O. The molecule has 2 N–H and O–H groups in total. The fourth-order valence-electron chi connectivity index (χ4n) is 2.48. The molecule has 1 aliphatic carbocycles. The predicted octanol–water partition coefficient (Wildman–Crippen LogP) is 1.61. The molecular formula is C13H28N2O. The van der Waals surface area contributed by atoms with Gasteiger partial charge in [0.1, 0.15) is 0 Å². The van der Waals surface area contributed by atoms with Gasteiger partial charge in [-0.15, -0.1) is 0 Å². The van der Waals surface area contributed by atoms with Crippen molar-refractivity contribution in [1.82, 2.24) is 10.2 Å². The van der Waals surface area contributed by atoms with E-state index in [0.29, 0.717) is 6.04 Å². The smallest absolute Gasteiger partial charge is 0.0693 e. The van der Waals surface area contributed by atoms with Crippen molar-refractivity contribution in [3.05, 3.63) is 0 Å². The monoisotopic (exact) mass is 228 g/mol. The molecule has 1 aliphatic rings. The van der Waals surface area contributed by atoms with Crippen molar-refractivity contribution in [2.75, 3.05) is 26.2 Å². The number of aliphatic hydroxyl groups is 1. The highest BCUT2D eigenvalue weighted by molar-refractivity contribution is 4.80. The Morgan fingerprint density at radius 2 is 1.88 bits per heavy atom. The molecule has 1 fully saturated rings. The molecule has 2 atom stereocenters. The van der Waals surface area contributed by atoms with Crippen LogP contribution in [0.1, 0.15) is 46.0 Å². The van der Waals surface area contributed by atoms with E-state index in [1.807, 2.05) is 0 Å². The molecule has 0 spiro atoms. The molecule has 3 heteroatoms. The molecule has 2 unspecified atom stereocenters. The van der Waals surface area contributed by atoms with E-state index in [-0.39, 0.29) is 6.10 Å². The topological polar surface area (TPSA) is 35.5 Å². The van der Waals surface area contributed by atoms with Crippen LogP contribution >= 0.6 is 0 Å². The third-order valence-corrected chi connectivity index (χ3v) is 3.68. The highest BCUT2D eigenvalue weighted by Crippen LogP contribution is 2.18. The van der Waals surface area contributed by atoms with Gasteiger partial charge < -0.3 is 15.3 Å². The molecule has 0 amide bonds. The van der Waals surface area contributed by atoms with E-state index in [1.165, 1.54) is 25.8 Å². The van der Waals surface area contributed by atoms with Crippen LogP contribution in [0.5, 0.6) is 0 Å². The Bertz CT molecular complexity index is 171. The summed E-state index contributed by atoms with van der Waals surface area (Å²) in [7, 11) is 0. The lowest BCUT2D eigenvalue weighted by atomic mass is 9.92. The van der Waals surface area contributed by atoms with Crippen molar-refractivity contribution < 1.29 is 5.11 Å². The number of rotatable bonds is 7. The zero-order valence-electron chi connectivity index (χ0n) is 10.9. The van der Waals surface area contributed by atoms with Crippen molar-refractivity contribution in [3.63, 3.8) is 0 Å². The van der Waals surface area contributed by atoms with Crippen molar-refractivity contribution in [2.45, 2.75) is 58.1 Å². The fourth-order valence-corrected chi connectivity index (χ4v) is 2.48. The standard InChI is InChI=1S/C13H28N2O/c1-3-15(4-2)11-7-10-14-12-8-5-6-9-13(12)16/h12-14,16H,3-11H2,1-2H3. The van der Waals surface area contributed by atoms with Gasteiger partial charge in [0.2, 0.25) is 0 Å². The zero-order valence-corrected chi connectivity index (χ0v) is 10.9. The molecule has 16 heavy (non-hydrogen) atoms. The Morgan fingerprint density at radius 3 is 2.50 bits per heavy atom. The third-order valence-electron chi connectivity index (χ3n) is 3.68. The van der Waals surface area contributed by atoms with Crippen molar-refractivity contribution >= 4 is 0 Å². The van der Waals surface area contributed by atoms with E-state index < -0.39 is 0 Å². The average molecular weight is 228 g/mol. The molecule has 0 aromatic carbocycles. The summed E-state index contributed by atoms with van der Waals surface area (Å²) in [6.07, 6.45) is 5.66. The Balaban J connectivity index is 2.05. The first-order valence-corrected chi connectivity index (χ1v) is 6.91. The fraction of sp³-hybridized carbons (Fsp3) is 1.00. The summed E-state index contributed by atoms with van der Waals surface area (Å²) in [4.78, 5) is 2.44. The summed E-state index contributed by atoms with van der Waals surface area (Å²) < 4.78 is 0. The van der Waals surface area contributed by atoms with Crippen LogP contribution < -0.4 is 5.32 Å². The van der Waals surface area contributed by atoms with Gasteiger partial charge in [-0.2, -0.15) is 0 Å². The predicted molar refractivity (Wildman–Crippen MR) is 68.7 cm³/mol. The number of hydrogen-bond donors (Lipinski definition) is 2. The molecule has 1 rings (SSSR count). The Labute approximate surface area is 100 Å². The molecule has 0 radical (unpaired) electrons. The minimum atomic E-state index is -0.109. The lowest BCUT2D eigenvalue weighted by molar-refractivity contribution is 0.0905. The highest BCUT2D eigenvalue weighted by Gasteiger charge is 2.21. The van der Waals surface area contributed by atoms with Crippen LogP contribution in [-0.4, -0.2) is 48.3 Å². The highest BCUT2D eigenvalue weighted by atomic mass is 16.3. The van der Waals surface area contributed by atoms with Crippen LogP contribution in [0.25, 0.3) is 0 Å². The second-order valence-electron chi connectivity index (χ2n) is 4.79. The molecule has 0 aromatic rings. The van der Waals surface area contributed by atoms with Gasteiger partial charge in [-0.05, 0) is 45.4 Å². The number of nitrogens with one attached hydrogen (secondary N) is 1. The van der Waals surface area contributed by atoms with Crippen LogP contribution in [0.4, 0.5) is 0 Å². The van der Waals surface area contributed by atoms with E-state index in [0.717, 1.165) is 32.5 Å². The van der Waals surface area contributed by atoms with Crippen LogP contribution in [-0.2, 0) is 0 Å². The average Bonchev–Trinajstić information content (AvgIpc) is 2.31. The molecule has 96 valence electrons. The zero-order chi connectivity index (χ0) is 11.8. The van der Waals surface area contributed by atoms with E-state index in [1.54, 1.807) is 0 Å². The maximum Gasteiger partial charge on any atom is 0.0693 e. The largest absolute Gasteiger partial charge is 0.392 e. The van der Waals surface area contributed by atoms with Crippen molar-refractivity contribution in [1.29, 1.82) is 0 Å². The van der Waals surface area contributed by atoms with Gasteiger partial charge in [0.05, 0.1) is 6.10 Å². The van der Waals surface area contributed by atoms with Crippen LogP contribution in [0.15, 0.2) is 0 Å². The third kappa shape index (κ3) is 4.81. The summed E-state index contributed by atoms with van der Waals surface area (Å²) in [5, 5.41) is 13.3. The molecule has 1 saturated carbocycles. The van der Waals surface area contributed by atoms with Gasteiger partial charge in [-0.3, -0.25) is 0 Å². The van der Waals surface area contributed by atoms with Gasteiger partial charge >= 0.3 is 0 Å². The normalized spacial score (nSPS) is 26.2. The van der Waals surface area contributed by atoms with Gasteiger partial charge in [-0.1, -0.05) is 26.7 Å². The van der Waals surface area contributed by atoms with E-state index in [4.69, 9.17) is 0 Å². The first-order valence-electron chi connectivity index (χ1n) is 6.91. The molecular weight excluding hydrogens is 200 g/mol. The minimum absolute atomic E-state index is 0.109. The van der Waals surface area contributed by atoms with Gasteiger partial charge in [0.25, 0.3) is 0 Å². The molecule has 0 saturated heterocycles. The van der Waals surface area contributed by atoms with Crippen molar-refractivity contribution in [3.8, 4) is 0 Å². The summed E-state index contributed by atoms with van der Waals surface area (Å²) >= 11 is 0.